The number of hydrogen-bond donors (Lipinski definition) is 1. The van der Waals surface area contributed by atoms with Gasteiger partial charge in [-0.1, -0.05) is 42.5 Å². The normalized spacial score (nSPS) is 15.6. The summed E-state index contributed by atoms with van der Waals surface area (Å²) < 4.78 is 7.54. The average molecular weight is 398 g/mol. The van der Waals surface area contributed by atoms with E-state index in [1.54, 1.807) is 7.11 Å². The Labute approximate surface area is 173 Å². The van der Waals surface area contributed by atoms with E-state index in [-0.39, 0.29) is 12.4 Å². The fourth-order valence-corrected chi connectivity index (χ4v) is 4.01. The Morgan fingerprint density at radius 1 is 1.14 bits per heavy atom. The number of rotatable bonds is 6. The number of nitrogens with one attached hydrogen (secondary N) is 1. The van der Waals surface area contributed by atoms with E-state index in [4.69, 9.17) is 9.84 Å². The van der Waals surface area contributed by atoms with Crippen LogP contribution in [0.5, 0.6) is 5.75 Å². The summed E-state index contributed by atoms with van der Waals surface area (Å²) in [5.41, 5.74) is 6.51. The maximum absolute atomic E-state index is 5.36. The fourth-order valence-electron chi connectivity index (χ4n) is 4.01. The molecule has 148 valence electrons. The summed E-state index contributed by atoms with van der Waals surface area (Å²) in [6, 6.07) is 17.3. The number of hydrogen-bond acceptors (Lipinski definition) is 3. The van der Waals surface area contributed by atoms with Gasteiger partial charge in [0.05, 0.1) is 19.9 Å². The van der Waals surface area contributed by atoms with Gasteiger partial charge in [-0.3, -0.25) is 4.68 Å². The second-order valence-corrected chi connectivity index (χ2v) is 7.32. The predicted octanol–water partition coefficient (Wildman–Crippen LogP) is 4.84. The second kappa shape index (κ2) is 9.26. The molecule has 1 aliphatic carbocycles. The Kier molecular flexibility index (Phi) is 6.76. The van der Waals surface area contributed by atoms with Gasteiger partial charge >= 0.3 is 0 Å². The number of halogens is 1. The molecule has 0 bridgehead atoms. The molecule has 1 aliphatic rings. The van der Waals surface area contributed by atoms with Gasteiger partial charge in [0.1, 0.15) is 5.75 Å². The topological polar surface area (TPSA) is 39.1 Å². The Bertz CT molecular complexity index is 907. The Hall–Kier alpha value is -2.30. The molecule has 0 saturated heterocycles. The molecule has 5 heteroatoms. The van der Waals surface area contributed by atoms with E-state index in [1.807, 2.05) is 0 Å². The minimum atomic E-state index is 0. The zero-order chi connectivity index (χ0) is 18.6. The van der Waals surface area contributed by atoms with E-state index in [0.29, 0.717) is 6.04 Å². The number of benzene rings is 2. The molecular formula is C23H28ClN3O. The lowest BCUT2D eigenvalue weighted by Crippen LogP contribution is -2.25. The molecule has 1 heterocycles. The lowest BCUT2D eigenvalue weighted by atomic mass is 9.92. The van der Waals surface area contributed by atoms with Crippen LogP contribution in [0.4, 0.5) is 0 Å². The van der Waals surface area contributed by atoms with Gasteiger partial charge in [0.15, 0.2) is 0 Å². The number of nitrogens with zero attached hydrogens (tertiary/aromatic N) is 2. The Morgan fingerprint density at radius 2 is 1.96 bits per heavy atom. The van der Waals surface area contributed by atoms with Gasteiger partial charge in [-0.05, 0) is 48.9 Å². The van der Waals surface area contributed by atoms with Crippen LogP contribution in [0.15, 0.2) is 54.7 Å². The largest absolute Gasteiger partial charge is 0.496 e. The van der Waals surface area contributed by atoms with Crippen LogP contribution >= 0.6 is 12.4 Å². The molecule has 0 fully saturated rings. The van der Waals surface area contributed by atoms with Gasteiger partial charge in [-0.25, -0.2) is 0 Å². The minimum Gasteiger partial charge on any atom is -0.496 e. The van der Waals surface area contributed by atoms with E-state index in [1.165, 1.54) is 40.8 Å². The Morgan fingerprint density at radius 3 is 2.71 bits per heavy atom. The third-order valence-corrected chi connectivity index (χ3v) is 5.45. The molecule has 4 rings (SSSR count). The van der Waals surface area contributed by atoms with Gasteiger partial charge in [-0.15, -0.1) is 12.4 Å². The first kappa shape index (κ1) is 20.4. The first-order valence-corrected chi connectivity index (χ1v) is 9.70. The highest BCUT2D eigenvalue weighted by atomic mass is 35.5. The van der Waals surface area contributed by atoms with Gasteiger partial charge < -0.3 is 10.1 Å². The number of methoxy groups -OCH3 is 1. The molecule has 0 radical (unpaired) electrons. The maximum atomic E-state index is 5.36. The summed E-state index contributed by atoms with van der Waals surface area (Å²) in [4.78, 5) is 0. The minimum absolute atomic E-state index is 0. The molecular weight excluding hydrogens is 370 g/mol. The third kappa shape index (κ3) is 4.40. The molecule has 1 aromatic heterocycles. The van der Waals surface area contributed by atoms with Crippen LogP contribution in [0.25, 0.3) is 0 Å². The van der Waals surface area contributed by atoms with Crippen LogP contribution in [0, 0.1) is 6.92 Å². The maximum Gasteiger partial charge on any atom is 0.121 e. The van der Waals surface area contributed by atoms with Crippen molar-refractivity contribution in [3.63, 3.8) is 0 Å². The highest BCUT2D eigenvalue weighted by Gasteiger charge is 2.24. The summed E-state index contributed by atoms with van der Waals surface area (Å²) in [7, 11) is 1.72. The standard InChI is InChI=1S/C23H27N3O.ClH/c1-17-13-19(11-12-23(17)27-2)14-24-21-9-6-10-22-20(21)15-25-26(22)16-18-7-4-3-5-8-18;/h3-5,7-8,11-13,15,21,24H,6,9-10,14,16H2,1-2H3;1H. The van der Waals surface area contributed by atoms with E-state index >= 15 is 0 Å². The number of aryl methyl sites for hydroxylation is 1. The number of ether oxygens (including phenoxy) is 1. The molecule has 0 aliphatic heterocycles. The van der Waals surface area contributed by atoms with E-state index in [9.17, 15) is 0 Å². The van der Waals surface area contributed by atoms with Crippen LogP contribution < -0.4 is 10.1 Å². The molecule has 3 aromatic rings. The molecule has 2 aromatic carbocycles. The lowest BCUT2D eigenvalue weighted by molar-refractivity contribution is 0.411. The van der Waals surface area contributed by atoms with Gasteiger partial charge in [0.2, 0.25) is 0 Å². The van der Waals surface area contributed by atoms with E-state index < -0.39 is 0 Å². The van der Waals surface area contributed by atoms with Crippen molar-refractivity contribution in [2.45, 2.75) is 45.3 Å². The Balaban J connectivity index is 0.00000225. The van der Waals surface area contributed by atoms with Crippen molar-refractivity contribution in [1.29, 1.82) is 0 Å². The molecule has 1 unspecified atom stereocenters. The summed E-state index contributed by atoms with van der Waals surface area (Å²) in [5.74, 6) is 0.945. The van der Waals surface area contributed by atoms with Crippen molar-refractivity contribution in [2.75, 3.05) is 7.11 Å². The van der Waals surface area contributed by atoms with Crippen LogP contribution in [-0.2, 0) is 19.5 Å². The zero-order valence-corrected chi connectivity index (χ0v) is 17.3. The van der Waals surface area contributed by atoms with Crippen molar-refractivity contribution in [1.82, 2.24) is 15.1 Å². The molecule has 4 nitrogen and oxygen atoms in total. The fraction of sp³-hybridized carbons (Fsp3) is 0.348. The predicted molar refractivity (Wildman–Crippen MR) is 115 cm³/mol. The third-order valence-electron chi connectivity index (χ3n) is 5.45. The van der Waals surface area contributed by atoms with Crippen molar-refractivity contribution in [3.05, 3.63) is 82.7 Å². The van der Waals surface area contributed by atoms with Gasteiger partial charge in [-0.2, -0.15) is 5.10 Å². The quantitative estimate of drug-likeness (QED) is 0.647. The van der Waals surface area contributed by atoms with Gasteiger partial charge in [0.25, 0.3) is 0 Å². The van der Waals surface area contributed by atoms with E-state index in [0.717, 1.165) is 25.3 Å². The summed E-state index contributed by atoms with van der Waals surface area (Å²) in [6.45, 7) is 3.80. The smallest absolute Gasteiger partial charge is 0.121 e. The summed E-state index contributed by atoms with van der Waals surface area (Å²) in [5, 5.41) is 8.44. The molecule has 28 heavy (non-hydrogen) atoms. The van der Waals surface area contributed by atoms with Crippen molar-refractivity contribution in [3.8, 4) is 5.75 Å². The van der Waals surface area contributed by atoms with Crippen LogP contribution in [0.3, 0.4) is 0 Å². The number of aromatic nitrogens is 2. The first-order chi connectivity index (χ1) is 13.2. The SMILES string of the molecule is COc1ccc(CNC2CCCc3c2cnn3Cc2ccccc2)cc1C.Cl. The van der Waals surface area contributed by atoms with Crippen molar-refractivity contribution in [2.24, 2.45) is 0 Å². The van der Waals surface area contributed by atoms with Gasteiger partial charge in [0, 0.05) is 23.8 Å². The molecule has 0 amide bonds. The summed E-state index contributed by atoms with van der Waals surface area (Å²) in [6.07, 6.45) is 5.54. The first-order valence-electron chi connectivity index (χ1n) is 9.70. The van der Waals surface area contributed by atoms with Crippen molar-refractivity contribution >= 4 is 12.4 Å². The molecule has 1 N–H and O–H groups in total. The van der Waals surface area contributed by atoms with Crippen LogP contribution in [0.1, 0.15) is 46.8 Å². The van der Waals surface area contributed by atoms with Crippen LogP contribution in [0.2, 0.25) is 0 Å². The zero-order valence-electron chi connectivity index (χ0n) is 16.5. The molecule has 1 atom stereocenters. The molecule has 0 spiro atoms. The highest BCUT2D eigenvalue weighted by molar-refractivity contribution is 5.85. The summed E-state index contributed by atoms with van der Waals surface area (Å²) >= 11 is 0. The lowest BCUT2D eigenvalue weighted by Gasteiger charge is -2.24. The van der Waals surface area contributed by atoms with E-state index in [2.05, 4.69) is 71.7 Å². The van der Waals surface area contributed by atoms with Crippen molar-refractivity contribution < 1.29 is 4.74 Å². The molecule has 0 saturated carbocycles. The second-order valence-electron chi connectivity index (χ2n) is 7.32. The average Bonchev–Trinajstić information content (AvgIpc) is 3.11. The van der Waals surface area contributed by atoms with Crippen LogP contribution in [-0.4, -0.2) is 16.9 Å². The highest BCUT2D eigenvalue weighted by Crippen LogP contribution is 2.30. The monoisotopic (exact) mass is 397 g/mol. The number of fused-ring (bicyclic) bond motifs is 1.